The Hall–Kier alpha value is -1.89. The zero-order chi connectivity index (χ0) is 19.9. The van der Waals surface area contributed by atoms with Gasteiger partial charge in [-0.2, -0.15) is 12.6 Å². The fraction of sp³-hybridized carbons (Fsp3) is 0.714. The van der Waals surface area contributed by atoms with Crippen LogP contribution in [-0.2, 0) is 19.2 Å². The summed E-state index contributed by atoms with van der Waals surface area (Å²) in [6.45, 7) is -1.28. The van der Waals surface area contributed by atoms with E-state index in [9.17, 15) is 24.3 Å². The SMILES string of the molecule is NC(CS)C(=O)NC(CO)C(=O)N1CCCC1C(=O)NC(CO)C(=O)O. The Morgan fingerprint density at radius 1 is 1.15 bits per heavy atom. The lowest BCUT2D eigenvalue weighted by Crippen LogP contribution is -2.58. The third-order valence-corrected chi connectivity index (χ3v) is 4.36. The van der Waals surface area contributed by atoms with E-state index < -0.39 is 61.1 Å². The number of carboxylic acid groups (broad SMARTS) is 1. The van der Waals surface area contributed by atoms with Crippen LogP contribution >= 0.6 is 12.6 Å². The fourth-order valence-electron chi connectivity index (χ4n) is 2.50. The smallest absolute Gasteiger partial charge is 0.328 e. The number of carboxylic acids is 1. The highest BCUT2D eigenvalue weighted by atomic mass is 32.1. The highest BCUT2D eigenvalue weighted by Gasteiger charge is 2.38. The van der Waals surface area contributed by atoms with Crippen molar-refractivity contribution in [1.82, 2.24) is 15.5 Å². The van der Waals surface area contributed by atoms with Gasteiger partial charge in [-0.1, -0.05) is 0 Å². The minimum Gasteiger partial charge on any atom is -0.480 e. The van der Waals surface area contributed by atoms with Gasteiger partial charge in [-0.05, 0) is 12.8 Å². The molecule has 0 aromatic rings. The van der Waals surface area contributed by atoms with Gasteiger partial charge in [-0.25, -0.2) is 4.79 Å². The average molecular weight is 392 g/mol. The van der Waals surface area contributed by atoms with E-state index in [0.717, 1.165) is 0 Å². The van der Waals surface area contributed by atoms with E-state index in [1.54, 1.807) is 0 Å². The first-order valence-corrected chi connectivity index (χ1v) is 8.62. The summed E-state index contributed by atoms with van der Waals surface area (Å²) < 4.78 is 0. The van der Waals surface area contributed by atoms with Gasteiger partial charge >= 0.3 is 5.97 Å². The van der Waals surface area contributed by atoms with Crippen molar-refractivity contribution in [3.63, 3.8) is 0 Å². The predicted molar refractivity (Wildman–Crippen MR) is 92.2 cm³/mol. The maximum Gasteiger partial charge on any atom is 0.328 e. The molecule has 0 spiro atoms. The molecular weight excluding hydrogens is 368 g/mol. The summed E-state index contributed by atoms with van der Waals surface area (Å²) in [5.41, 5.74) is 5.51. The minimum atomic E-state index is -1.48. The first kappa shape index (κ1) is 22.2. The number of aliphatic carboxylic acids is 1. The standard InChI is InChI=1S/C14H24N4O7S/c15-7(6-26)11(21)16-8(4-19)13(23)18-3-1-2-10(18)12(22)17-9(5-20)14(24)25/h7-10,19-20,26H,1-6,15H2,(H,16,21)(H,17,22)(H,24,25). The lowest BCUT2D eigenvalue weighted by molar-refractivity contribution is -0.146. The molecule has 0 saturated carbocycles. The molecule has 4 unspecified atom stereocenters. The number of nitrogens with two attached hydrogens (primary N) is 1. The van der Waals surface area contributed by atoms with Crippen molar-refractivity contribution in [1.29, 1.82) is 0 Å². The molecule has 148 valence electrons. The van der Waals surface area contributed by atoms with Crippen molar-refractivity contribution in [2.75, 3.05) is 25.5 Å². The number of aliphatic hydroxyl groups excluding tert-OH is 2. The molecule has 0 aliphatic carbocycles. The summed E-state index contributed by atoms with van der Waals surface area (Å²) in [6, 6.07) is -4.68. The highest BCUT2D eigenvalue weighted by molar-refractivity contribution is 7.80. The second kappa shape index (κ2) is 10.3. The molecule has 1 rings (SSSR count). The zero-order valence-corrected chi connectivity index (χ0v) is 14.9. The molecule has 0 aromatic heterocycles. The number of carbonyl (C=O) groups is 4. The largest absolute Gasteiger partial charge is 0.480 e. The molecule has 4 atom stereocenters. The third kappa shape index (κ3) is 5.56. The number of nitrogens with one attached hydrogen (secondary N) is 2. The monoisotopic (exact) mass is 392 g/mol. The maximum atomic E-state index is 12.6. The van der Waals surface area contributed by atoms with Gasteiger partial charge in [-0.3, -0.25) is 14.4 Å². The first-order chi connectivity index (χ1) is 12.3. The fourth-order valence-corrected chi connectivity index (χ4v) is 2.67. The van der Waals surface area contributed by atoms with E-state index in [1.165, 1.54) is 4.90 Å². The molecule has 11 nitrogen and oxygen atoms in total. The molecule has 7 N–H and O–H groups in total. The average Bonchev–Trinajstić information content (AvgIpc) is 3.11. The zero-order valence-electron chi connectivity index (χ0n) is 14.0. The Balaban J connectivity index is 2.80. The molecular formula is C14H24N4O7S. The van der Waals surface area contributed by atoms with Crippen LogP contribution in [0.5, 0.6) is 0 Å². The number of aliphatic hydroxyl groups is 2. The Labute approximate surface area is 155 Å². The van der Waals surface area contributed by atoms with Crippen molar-refractivity contribution in [3.05, 3.63) is 0 Å². The summed E-state index contributed by atoms with van der Waals surface area (Å²) >= 11 is 3.88. The van der Waals surface area contributed by atoms with E-state index in [0.29, 0.717) is 6.42 Å². The summed E-state index contributed by atoms with van der Waals surface area (Å²) in [5.74, 6) is -3.44. The van der Waals surface area contributed by atoms with Crippen LogP contribution in [0.15, 0.2) is 0 Å². The van der Waals surface area contributed by atoms with Gasteiger partial charge in [-0.15, -0.1) is 0 Å². The number of hydrogen-bond donors (Lipinski definition) is 7. The molecule has 0 radical (unpaired) electrons. The van der Waals surface area contributed by atoms with Crippen LogP contribution in [0.4, 0.5) is 0 Å². The van der Waals surface area contributed by atoms with Crippen LogP contribution in [0.3, 0.4) is 0 Å². The van der Waals surface area contributed by atoms with E-state index in [2.05, 4.69) is 23.3 Å². The molecule has 1 aliphatic rings. The van der Waals surface area contributed by atoms with Crippen molar-refractivity contribution >= 4 is 36.3 Å². The number of thiol groups is 1. The Kier molecular flexibility index (Phi) is 8.78. The predicted octanol–water partition coefficient (Wildman–Crippen LogP) is -3.73. The Bertz CT molecular complexity index is 547. The van der Waals surface area contributed by atoms with Crippen molar-refractivity contribution in [3.8, 4) is 0 Å². The first-order valence-electron chi connectivity index (χ1n) is 7.99. The highest BCUT2D eigenvalue weighted by Crippen LogP contribution is 2.19. The molecule has 0 aromatic carbocycles. The molecule has 1 saturated heterocycles. The van der Waals surface area contributed by atoms with E-state index in [-0.39, 0.29) is 18.7 Å². The van der Waals surface area contributed by atoms with Crippen LogP contribution in [0.1, 0.15) is 12.8 Å². The topological polar surface area (TPSA) is 182 Å². The Morgan fingerprint density at radius 2 is 1.77 bits per heavy atom. The normalized spacial score (nSPS) is 20.2. The molecule has 0 bridgehead atoms. The lowest BCUT2D eigenvalue weighted by Gasteiger charge is -2.29. The number of nitrogens with zero attached hydrogens (tertiary/aromatic N) is 1. The molecule has 1 fully saturated rings. The van der Waals surface area contributed by atoms with Gasteiger partial charge < -0.3 is 36.6 Å². The molecule has 3 amide bonds. The summed E-state index contributed by atoms with van der Waals surface area (Å²) in [7, 11) is 0. The van der Waals surface area contributed by atoms with Gasteiger partial charge in [0, 0.05) is 12.3 Å². The minimum absolute atomic E-state index is 0.0463. The number of carbonyl (C=O) groups excluding carboxylic acids is 3. The quantitative estimate of drug-likeness (QED) is 0.195. The number of amides is 3. The molecule has 1 heterocycles. The van der Waals surface area contributed by atoms with Gasteiger partial charge in [0.15, 0.2) is 0 Å². The van der Waals surface area contributed by atoms with E-state index in [1.807, 2.05) is 0 Å². The van der Waals surface area contributed by atoms with Crippen LogP contribution in [-0.4, -0.2) is 93.6 Å². The number of likely N-dealkylation sites (tertiary alicyclic amines) is 1. The molecule has 26 heavy (non-hydrogen) atoms. The van der Waals surface area contributed by atoms with E-state index in [4.69, 9.17) is 15.9 Å². The van der Waals surface area contributed by atoms with Crippen LogP contribution in [0, 0.1) is 0 Å². The van der Waals surface area contributed by atoms with Gasteiger partial charge in [0.1, 0.15) is 18.1 Å². The van der Waals surface area contributed by atoms with Gasteiger partial charge in [0.25, 0.3) is 0 Å². The summed E-state index contributed by atoms with van der Waals surface area (Å²) in [6.07, 6.45) is 0.778. The number of hydrogen-bond acceptors (Lipinski definition) is 8. The van der Waals surface area contributed by atoms with Crippen molar-refractivity contribution < 1.29 is 34.5 Å². The van der Waals surface area contributed by atoms with Crippen LogP contribution < -0.4 is 16.4 Å². The molecule has 12 heteroatoms. The van der Waals surface area contributed by atoms with Crippen LogP contribution in [0.2, 0.25) is 0 Å². The second-order valence-corrected chi connectivity index (χ2v) is 6.17. The Morgan fingerprint density at radius 3 is 2.27 bits per heavy atom. The van der Waals surface area contributed by atoms with Crippen molar-refractivity contribution in [2.45, 2.75) is 37.0 Å². The van der Waals surface area contributed by atoms with E-state index >= 15 is 0 Å². The summed E-state index contributed by atoms with van der Waals surface area (Å²) in [4.78, 5) is 48.7. The third-order valence-electron chi connectivity index (χ3n) is 3.97. The molecule has 1 aliphatic heterocycles. The van der Waals surface area contributed by atoms with Crippen molar-refractivity contribution in [2.24, 2.45) is 5.73 Å². The summed E-state index contributed by atoms with van der Waals surface area (Å²) in [5, 5.41) is 31.7. The number of rotatable bonds is 9. The second-order valence-electron chi connectivity index (χ2n) is 5.80. The lowest BCUT2D eigenvalue weighted by atomic mass is 10.1. The maximum absolute atomic E-state index is 12.6. The van der Waals surface area contributed by atoms with Gasteiger partial charge in [0.2, 0.25) is 17.7 Å². The van der Waals surface area contributed by atoms with Gasteiger partial charge in [0.05, 0.1) is 19.3 Å². The van der Waals surface area contributed by atoms with Crippen LogP contribution in [0.25, 0.3) is 0 Å².